The smallest absolute Gasteiger partial charge is 0.361 e. The highest BCUT2D eigenvalue weighted by Gasteiger charge is 2.28. The number of benzene rings is 2. The fraction of sp³-hybridized carbons (Fsp3) is 0.211. The van der Waals surface area contributed by atoms with Crippen molar-refractivity contribution in [3.63, 3.8) is 0 Å². The van der Waals surface area contributed by atoms with Gasteiger partial charge in [0.1, 0.15) is 12.3 Å². The fourth-order valence-corrected chi connectivity index (χ4v) is 2.66. The molecular formula is C19H18N4O6. The number of nitrogens with zero attached hydrogens (tertiary/aromatic N) is 3. The summed E-state index contributed by atoms with van der Waals surface area (Å²) in [6.45, 7) is 1.99. The van der Waals surface area contributed by atoms with Crippen LogP contribution < -0.4 is 9.47 Å². The van der Waals surface area contributed by atoms with Gasteiger partial charge < -0.3 is 14.2 Å². The van der Waals surface area contributed by atoms with Crippen LogP contribution in [-0.2, 0) is 11.3 Å². The van der Waals surface area contributed by atoms with E-state index in [4.69, 9.17) is 14.2 Å². The zero-order chi connectivity index (χ0) is 20.8. The Morgan fingerprint density at radius 3 is 2.59 bits per heavy atom. The van der Waals surface area contributed by atoms with Crippen LogP contribution in [0.25, 0.3) is 11.3 Å². The number of hydrogen-bond donors (Lipinski definition) is 1. The van der Waals surface area contributed by atoms with Crippen molar-refractivity contribution in [1.29, 1.82) is 0 Å². The third kappa shape index (κ3) is 4.32. The maximum absolute atomic E-state index is 12.1. The van der Waals surface area contributed by atoms with Crippen LogP contribution in [0.2, 0.25) is 0 Å². The number of nitro benzene ring substituents is 1. The summed E-state index contributed by atoms with van der Waals surface area (Å²) in [5.41, 5.74) is 0.476. The van der Waals surface area contributed by atoms with Gasteiger partial charge in [0, 0.05) is 6.07 Å². The average molecular weight is 398 g/mol. The Bertz CT molecular complexity index is 1020. The molecule has 0 fully saturated rings. The monoisotopic (exact) mass is 398 g/mol. The second-order valence-electron chi connectivity index (χ2n) is 5.79. The molecule has 1 aromatic heterocycles. The van der Waals surface area contributed by atoms with Crippen molar-refractivity contribution < 1.29 is 23.9 Å². The summed E-state index contributed by atoms with van der Waals surface area (Å²) in [6, 6.07) is 12.0. The molecule has 0 unspecified atom stereocenters. The maximum atomic E-state index is 12.1. The molecule has 1 N–H and O–H groups in total. The lowest BCUT2D eigenvalue weighted by Gasteiger charge is -2.13. The Hall–Kier alpha value is -3.95. The third-order valence-electron chi connectivity index (χ3n) is 3.99. The van der Waals surface area contributed by atoms with Crippen molar-refractivity contribution in [3.05, 3.63) is 63.8 Å². The van der Waals surface area contributed by atoms with E-state index in [1.807, 2.05) is 30.3 Å². The fourth-order valence-electron chi connectivity index (χ4n) is 2.66. The summed E-state index contributed by atoms with van der Waals surface area (Å²) in [4.78, 5) is 23.2. The lowest BCUT2D eigenvalue weighted by Crippen LogP contribution is -2.07. The van der Waals surface area contributed by atoms with Gasteiger partial charge in [-0.1, -0.05) is 30.3 Å². The Labute approximate surface area is 165 Å². The van der Waals surface area contributed by atoms with Crippen LogP contribution in [0.5, 0.6) is 11.5 Å². The van der Waals surface area contributed by atoms with Gasteiger partial charge in [-0.15, -0.1) is 5.10 Å². The second kappa shape index (κ2) is 8.83. The number of H-pyrrole nitrogens is 1. The molecule has 0 aliphatic rings. The lowest BCUT2D eigenvalue weighted by atomic mass is 10.1. The molecule has 10 nitrogen and oxygen atoms in total. The first-order chi connectivity index (χ1) is 14.0. The number of hydrogen-bond acceptors (Lipinski definition) is 8. The largest absolute Gasteiger partial charge is 0.493 e. The van der Waals surface area contributed by atoms with Crippen LogP contribution in [0.4, 0.5) is 5.69 Å². The van der Waals surface area contributed by atoms with Gasteiger partial charge in [-0.25, -0.2) is 4.79 Å². The van der Waals surface area contributed by atoms with E-state index >= 15 is 0 Å². The highest BCUT2D eigenvalue weighted by Crippen LogP contribution is 2.40. The molecule has 1 heterocycles. The Balaban J connectivity index is 2.05. The average Bonchev–Trinajstić information content (AvgIpc) is 3.22. The van der Waals surface area contributed by atoms with Crippen LogP contribution in [0.1, 0.15) is 23.0 Å². The van der Waals surface area contributed by atoms with Crippen molar-refractivity contribution in [2.75, 3.05) is 13.7 Å². The van der Waals surface area contributed by atoms with Crippen LogP contribution in [0.15, 0.2) is 42.5 Å². The van der Waals surface area contributed by atoms with Gasteiger partial charge in [0.25, 0.3) is 5.69 Å². The summed E-state index contributed by atoms with van der Waals surface area (Å²) >= 11 is 0. The minimum absolute atomic E-state index is 0.0117. The molecule has 0 amide bonds. The molecule has 29 heavy (non-hydrogen) atoms. The minimum Gasteiger partial charge on any atom is -0.493 e. The summed E-state index contributed by atoms with van der Waals surface area (Å²) in [5, 5.41) is 21.6. The molecule has 0 bridgehead atoms. The molecule has 0 saturated heterocycles. The van der Waals surface area contributed by atoms with E-state index in [-0.39, 0.29) is 47.4 Å². The molecule has 0 spiro atoms. The normalized spacial score (nSPS) is 10.4. The topological polar surface area (TPSA) is 129 Å². The number of esters is 1. The highest BCUT2D eigenvalue weighted by atomic mass is 16.6. The van der Waals surface area contributed by atoms with Gasteiger partial charge in [0.2, 0.25) is 0 Å². The molecule has 150 valence electrons. The number of carbonyl (C=O) groups excluding carboxylic acids is 1. The Morgan fingerprint density at radius 1 is 1.17 bits per heavy atom. The second-order valence-corrected chi connectivity index (χ2v) is 5.79. The molecule has 0 saturated carbocycles. The van der Waals surface area contributed by atoms with Crippen LogP contribution in [0, 0.1) is 10.1 Å². The number of rotatable bonds is 8. The van der Waals surface area contributed by atoms with E-state index in [1.165, 1.54) is 19.2 Å². The SMILES string of the molecule is CCOC(=O)c1n[nH]nc1-c1cc(OCc2ccccc2)c(OC)cc1[N+](=O)[O-]. The lowest BCUT2D eigenvalue weighted by molar-refractivity contribution is -0.384. The van der Waals surface area contributed by atoms with Crippen LogP contribution in [-0.4, -0.2) is 40.0 Å². The van der Waals surface area contributed by atoms with E-state index < -0.39 is 10.9 Å². The van der Waals surface area contributed by atoms with Crippen LogP contribution >= 0.6 is 0 Å². The molecule has 10 heteroatoms. The first kappa shape index (κ1) is 19.8. The number of aromatic amines is 1. The van der Waals surface area contributed by atoms with Crippen LogP contribution in [0.3, 0.4) is 0 Å². The number of aromatic nitrogens is 3. The van der Waals surface area contributed by atoms with Crippen molar-refractivity contribution in [3.8, 4) is 22.8 Å². The molecule has 0 aliphatic carbocycles. The first-order valence-electron chi connectivity index (χ1n) is 8.66. The van der Waals surface area contributed by atoms with Crippen molar-refractivity contribution in [1.82, 2.24) is 15.4 Å². The number of nitrogens with one attached hydrogen (secondary N) is 1. The quantitative estimate of drug-likeness (QED) is 0.348. The predicted octanol–water partition coefficient (Wildman–Crippen LogP) is 3.14. The molecule has 3 rings (SSSR count). The summed E-state index contributed by atoms with van der Waals surface area (Å²) in [5.74, 6) is -0.305. The first-order valence-corrected chi connectivity index (χ1v) is 8.66. The van der Waals surface area contributed by atoms with Gasteiger partial charge in [0.15, 0.2) is 17.2 Å². The van der Waals surface area contributed by atoms with Crippen molar-refractivity contribution >= 4 is 11.7 Å². The maximum Gasteiger partial charge on any atom is 0.361 e. The van der Waals surface area contributed by atoms with Gasteiger partial charge in [-0.05, 0) is 12.5 Å². The standard InChI is InChI=1S/C19H18N4O6/c1-3-28-19(24)18-17(20-22-21-18)13-9-16(15(27-2)10-14(13)23(25)26)29-11-12-7-5-4-6-8-12/h4-10H,3,11H2,1-2H3,(H,20,21,22). The van der Waals surface area contributed by atoms with E-state index in [2.05, 4.69) is 15.4 Å². The Morgan fingerprint density at radius 2 is 1.93 bits per heavy atom. The minimum atomic E-state index is -0.742. The molecule has 0 radical (unpaired) electrons. The number of nitro groups is 1. The number of ether oxygens (including phenoxy) is 3. The Kier molecular flexibility index (Phi) is 6.03. The molecule has 2 aromatic carbocycles. The van der Waals surface area contributed by atoms with E-state index in [0.29, 0.717) is 0 Å². The zero-order valence-corrected chi connectivity index (χ0v) is 15.7. The highest BCUT2D eigenvalue weighted by molar-refractivity contribution is 5.95. The van der Waals surface area contributed by atoms with Gasteiger partial charge in [-0.2, -0.15) is 10.3 Å². The zero-order valence-electron chi connectivity index (χ0n) is 15.7. The van der Waals surface area contributed by atoms with Crippen molar-refractivity contribution in [2.24, 2.45) is 0 Å². The van der Waals surface area contributed by atoms with Crippen molar-refractivity contribution in [2.45, 2.75) is 13.5 Å². The summed E-state index contributed by atoms with van der Waals surface area (Å²) in [7, 11) is 1.38. The summed E-state index contributed by atoms with van der Waals surface area (Å²) < 4.78 is 16.0. The number of methoxy groups -OCH3 is 1. The van der Waals surface area contributed by atoms with E-state index in [0.717, 1.165) is 5.56 Å². The third-order valence-corrected chi connectivity index (χ3v) is 3.99. The molecule has 3 aromatic rings. The van der Waals surface area contributed by atoms with Gasteiger partial charge in [0.05, 0.1) is 30.3 Å². The summed E-state index contributed by atoms with van der Waals surface area (Å²) in [6.07, 6.45) is 0. The number of carbonyl (C=O) groups is 1. The molecule has 0 aliphatic heterocycles. The molecular weight excluding hydrogens is 380 g/mol. The van der Waals surface area contributed by atoms with Gasteiger partial charge in [-0.3, -0.25) is 10.1 Å². The van der Waals surface area contributed by atoms with E-state index in [9.17, 15) is 14.9 Å². The van der Waals surface area contributed by atoms with Gasteiger partial charge >= 0.3 is 5.97 Å². The van der Waals surface area contributed by atoms with E-state index in [1.54, 1.807) is 6.92 Å². The predicted molar refractivity (Wildman–Crippen MR) is 102 cm³/mol. The molecule has 0 atom stereocenters.